The van der Waals surface area contributed by atoms with Gasteiger partial charge in [0.05, 0.1) is 5.69 Å². The molecule has 1 rings (SSSR count). The molecule has 0 aliphatic heterocycles. The summed E-state index contributed by atoms with van der Waals surface area (Å²) >= 11 is 0. The van der Waals surface area contributed by atoms with E-state index in [1.165, 1.54) is 0 Å². The topological polar surface area (TPSA) is 42.0 Å². The average molecular weight is 226 g/mol. The first-order valence-electron chi connectivity index (χ1n) is 5.12. The molecule has 1 heterocycles. The van der Waals surface area contributed by atoms with Gasteiger partial charge in [-0.1, -0.05) is 6.07 Å². The molecule has 0 bridgehead atoms. The van der Waals surface area contributed by atoms with E-state index < -0.39 is 10.8 Å². The maximum absolute atomic E-state index is 10.8. The number of aromatic nitrogens is 1. The SMILES string of the molecule is Cc1cccc(CNCCCS(C)=O)n1. The molecule has 1 aromatic rings. The van der Waals surface area contributed by atoms with Gasteiger partial charge in [0, 0.05) is 35.0 Å². The van der Waals surface area contributed by atoms with E-state index in [2.05, 4.69) is 10.3 Å². The monoisotopic (exact) mass is 226 g/mol. The van der Waals surface area contributed by atoms with Gasteiger partial charge in [-0.3, -0.25) is 9.19 Å². The van der Waals surface area contributed by atoms with Crippen molar-refractivity contribution in [3.05, 3.63) is 29.6 Å². The summed E-state index contributed by atoms with van der Waals surface area (Å²) < 4.78 is 10.8. The number of pyridine rings is 1. The molecule has 0 aliphatic rings. The average Bonchev–Trinajstić information content (AvgIpc) is 2.17. The summed E-state index contributed by atoms with van der Waals surface area (Å²) in [6, 6.07) is 6.02. The van der Waals surface area contributed by atoms with Gasteiger partial charge in [0.25, 0.3) is 0 Å². The smallest absolute Gasteiger partial charge is 0.0544 e. The van der Waals surface area contributed by atoms with Crippen LogP contribution in [0.25, 0.3) is 0 Å². The highest BCUT2D eigenvalue weighted by Crippen LogP contribution is 1.97. The van der Waals surface area contributed by atoms with Crippen LogP contribution in [0.5, 0.6) is 0 Å². The Hall–Kier alpha value is -0.740. The zero-order valence-electron chi connectivity index (χ0n) is 9.32. The second kappa shape index (κ2) is 6.69. The summed E-state index contributed by atoms with van der Waals surface area (Å²) in [5.74, 6) is 0.772. The molecular formula is C11H18N2OS. The largest absolute Gasteiger partial charge is 0.311 e. The summed E-state index contributed by atoms with van der Waals surface area (Å²) in [6.45, 7) is 3.68. The highest BCUT2D eigenvalue weighted by molar-refractivity contribution is 7.84. The molecule has 0 fully saturated rings. The molecule has 0 spiro atoms. The van der Waals surface area contributed by atoms with Gasteiger partial charge in [-0.25, -0.2) is 0 Å². The molecule has 15 heavy (non-hydrogen) atoms. The van der Waals surface area contributed by atoms with Crippen LogP contribution < -0.4 is 5.32 Å². The van der Waals surface area contributed by atoms with Crippen molar-refractivity contribution in [1.82, 2.24) is 10.3 Å². The van der Waals surface area contributed by atoms with Crippen LogP contribution >= 0.6 is 0 Å². The Morgan fingerprint density at radius 3 is 2.93 bits per heavy atom. The number of hydrogen-bond acceptors (Lipinski definition) is 3. The Balaban J connectivity index is 2.17. The van der Waals surface area contributed by atoms with E-state index >= 15 is 0 Å². The molecule has 0 saturated carbocycles. The third-order valence-electron chi connectivity index (χ3n) is 2.04. The predicted molar refractivity (Wildman–Crippen MR) is 64.2 cm³/mol. The van der Waals surface area contributed by atoms with Crippen molar-refractivity contribution in [2.24, 2.45) is 0 Å². The van der Waals surface area contributed by atoms with Gasteiger partial charge in [-0.05, 0) is 32.0 Å². The lowest BCUT2D eigenvalue weighted by Crippen LogP contribution is -2.17. The summed E-state index contributed by atoms with van der Waals surface area (Å²) in [7, 11) is -0.673. The van der Waals surface area contributed by atoms with Crippen LogP contribution in [0.3, 0.4) is 0 Å². The summed E-state index contributed by atoms with van der Waals surface area (Å²) in [5.41, 5.74) is 2.11. The van der Waals surface area contributed by atoms with Crippen LogP contribution in [0.15, 0.2) is 18.2 Å². The fourth-order valence-electron chi connectivity index (χ4n) is 1.31. The van der Waals surface area contributed by atoms with Crippen LogP contribution in [-0.2, 0) is 17.3 Å². The fraction of sp³-hybridized carbons (Fsp3) is 0.545. The molecule has 1 unspecified atom stereocenters. The lowest BCUT2D eigenvalue weighted by molar-refractivity contribution is 0.654. The Labute approximate surface area is 93.8 Å². The minimum absolute atomic E-state index is 0.673. The maximum Gasteiger partial charge on any atom is 0.0544 e. The molecule has 1 N–H and O–H groups in total. The Morgan fingerprint density at radius 1 is 1.47 bits per heavy atom. The van der Waals surface area contributed by atoms with Crippen LogP contribution in [0.2, 0.25) is 0 Å². The zero-order valence-corrected chi connectivity index (χ0v) is 10.1. The Morgan fingerprint density at radius 2 is 2.27 bits per heavy atom. The van der Waals surface area contributed by atoms with Crippen LogP contribution in [-0.4, -0.2) is 27.7 Å². The van der Waals surface area contributed by atoms with Crippen molar-refractivity contribution < 1.29 is 4.21 Å². The van der Waals surface area contributed by atoms with E-state index in [0.717, 1.165) is 36.7 Å². The second-order valence-corrected chi connectivity index (χ2v) is 5.13. The quantitative estimate of drug-likeness (QED) is 0.742. The molecular weight excluding hydrogens is 208 g/mol. The van der Waals surface area contributed by atoms with Crippen LogP contribution in [0.4, 0.5) is 0 Å². The van der Waals surface area contributed by atoms with E-state index in [0.29, 0.717) is 0 Å². The highest BCUT2D eigenvalue weighted by Gasteiger charge is 1.95. The lowest BCUT2D eigenvalue weighted by atomic mass is 10.3. The first-order chi connectivity index (χ1) is 7.18. The fourth-order valence-corrected chi connectivity index (χ4v) is 1.87. The molecule has 0 aliphatic carbocycles. The van der Waals surface area contributed by atoms with E-state index in [4.69, 9.17) is 0 Å². The maximum atomic E-state index is 10.8. The zero-order chi connectivity index (χ0) is 11.1. The number of hydrogen-bond donors (Lipinski definition) is 1. The van der Waals surface area contributed by atoms with Gasteiger partial charge >= 0.3 is 0 Å². The van der Waals surface area contributed by atoms with Gasteiger partial charge < -0.3 is 5.32 Å². The number of aryl methyl sites for hydroxylation is 1. The Bertz CT molecular complexity index is 328. The summed E-state index contributed by atoms with van der Waals surface area (Å²) in [4.78, 5) is 4.38. The van der Waals surface area contributed by atoms with Crippen molar-refractivity contribution in [3.8, 4) is 0 Å². The van der Waals surface area contributed by atoms with E-state index in [1.54, 1.807) is 6.26 Å². The minimum Gasteiger partial charge on any atom is -0.311 e. The highest BCUT2D eigenvalue weighted by atomic mass is 32.2. The van der Waals surface area contributed by atoms with Gasteiger partial charge in [0.15, 0.2) is 0 Å². The number of nitrogens with one attached hydrogen (secondary N) is 1. The van der Waals surface area contributed by atoms with Crippen molar-refractivity contribution in [1.29, 1.82) is 0 Å². The molecule has 0 radical (unpaired) electrons. The van der Waals surface area contributed by atoms with Gasteiger partial charge in [-0.2, -0.15) is 0 Å². The van der Waals surface area contributed by atoms with Gasteiger partial charge in [0.2, 0.25) is 0 Å². The lowest BCUT2D eigenvalue weighted by Gasteiger charge is -2.04. The Kier molecular flexibility index (Phi) is 5.50. The van der Waals surface area contributed by atoms with E-state index in [1.807, 2.05) is 25.1 Å². The molecule has 1 aromatic heterocycles. The molecule has 84 valence electrons. The standard InChI is InChI=1S/C11H18N2OS/c1-10-5-3-6-11(13-10)9-12-7-4-8-15(2)14/h3,5-6,12H,4,7-9H2,1-2H3. The normalized spacial score (nSPS) is 12.7. The predicted octanol–water partition coefficient (Wildman–Crippen LogP) is 1.25. The minimum atomic E-state index is -0.673. The van der Waals surface area contributed by atoms with Crippen LogP contribution in [0.1, 0.15) is 17.8 Å². The number of nitrogens with zero attached hydrogens (tertiary/aromatic N) is 1. The molecule has 1 atom stereocenters. The van der Waals surface area contributed by atoms with Crippen LogP contribution in [0, 0.1) is 6.92 Å². The summed E-state index contributed by atoms with van der Waals surface area (Å²) in [5, 5.41) is 3.29. The first-order valence-corrected chi connectivity index (χ1v) is 6.84. The number of rotatable bonds is 6. The van der Waals surface area contributed by atoms with E-state index in [-0.39, 0.29) is 0 Å². The third kappa shape index (κ3) is 5.64. The third-order valence-corrected chi connectivity index (χ3v) is 2.90. The van der Waals surface area contributed by atoms with E-state index in [9.17, 15) is 4.21 Å². The molecule has 0 aromatic carbocycles. The molecule has 4 heteroatoms. The van der Waals surface area contributed by atoms with Crippen molar-refractivity contribution in [2.45, 2.75) is 19.9 Å². The summed E-state index contributed by atoms with van der Waals surface area (Å²) in [6.07, 6.45) is 2.69. The molecule has 3 nitrogen and oxygen atoms in total. The second-order valence-electron chi connectivity index (χ2n) is 3.58. The molecule has 0 amide bonds. The van der Waals surface area contributed by atoms with Crippen molar-refractivity contribution in [3.63, 3.8) is 0 Å². The first kappa shape index (κ1) is 12.3. The van der Waals surface area contributed by atoms with Gasteiger partial charge in [0.1, 0.15) is 0 Å². The molecule has 0 saturated heterocycles. The van der Waals surface area contributed by atoms with Gasteiger partial charge in [-0.15, -0.1) is 0 Å². The van der Waals surface area contributed by atoms with Crippen molar-refractivity contribution in [2.75, 3.05) is 18.6 Å². The van der Waals surface area contributed by atoms with Crippen molar-refractivity contribution >= 4 is 10.8 Å².